The molecule has 0 bridgehead atoms. The molecule has 5 heteroatoms. The maximum absolute atomic E-state index is 4.49. The van der Waals surface area contributed by atoms with E-state index in [4.69, 9.17) is 0 Å². The minimum absolute atomic E-state index is 0.299. The molecular formula is C14H13BrN2S2. The average molecular weight is 353 g/mol. The van der Waals surface area contributed by atoms with E-state index >= 15 is 0 Å². The maximum atomic E-state index is 4.49. The zero-order valence-electron chi connectivity index (χ0n) is 10.4. The van der Waals surface area contributed by atoms with Crippen molar-refractivity contribution in [3.8, 4) is 0 Å². The number of pyridine rings is 1. The van der Waals surface area contributed by atoms with Gasteiger partial charge in [0.15, 0.2) is 0 Å². The number of thiophene rings is 2. The van der Waals surface area contributed by atoms with Crippen molar-refractivity contribution >= 4 is 48.8 Å². The molecule has 0 aliphatic heterocycles. The van der Waals surface area contributed by atoms with Gasteiger partial charge in [-0.2, -0.15) is 0 Å². The van der Waals surface area contributed by atoms with Crippen LogP contribution in [-0.2, 0) is 6.54 Å². The van der Waals surface area contributed by atoms with Crippen molar-refractivity contribution in [2.45, 2.75) is 19.5 Å². The Morgan fingerprint density at radius 1 is 1.32 bits per heavy atom. The Balaban J connectivity index is 1.72. The maximum Gasteiger partial charge on any atom is 0.0809 e. The van der Waals surface area contributed by atoms with Gasteiger partial charge in [0.25, 0.3) is 0 Å². The van der Waals surface area contributed by atoms with Crippen molar-refractivity contribution in [2.24, 2.45) is 0 Å². The summed E-state index contributed by atoms with van der Waals surface area (Å²) in [6, 6.07) is 6.68. The number of nitrogens with one attached hydrogen (secondary N) is 1. The van der Waals surface area contributed by atoms with Gasteiger partial charge in [-0.25, -0.2) is 0 Å². The largest absolute Gasteiger partial charge is 0.305 e. The highest BCUT2D eigenvalue weighted by molar-refractivity contribution is 9.10. The van der Waals surface area contributed by atoms with Gasteiger partial charge in [0.1, 0.15) is 0 Å². The van der Waals surface area contributed by atoms with Crippen molar-refractivity contribution in [3.63, 3.8) is 0 Å². The molecule has 98 valence electrons. The van der Waals surface area contributed by atoms with Crippen LogP contribution in [-0.4, -0.2) is 4.98 Å². The molecular weight excluding hydrogens is 340 g/mol. The van der Waals surface area contributed by atoms with Crippen LogP contribution in [0.1, 0.15) is 23.4 Å². The summed E-state index contributed by atoms with van der Waals surface area (Å²) in [5, 5.41) is 7.73. The molecule has 0 saturated carbocycles. The lowest BCUT2D eigenvalue weighted by Gasteiger charge is -2.13. The van der Waals surface area contributed by atoms with Crippen LogP contribution in [0.25, 0.3) is 10.2 Å². The van der Waals surface area contributed by atoms with Crippen LogP contribution in [0.5, 0.6) is 0 Å². The number of fused-ring (bicyclic) bond motifs is 1. The zero-order valence-corrected chi connectivity index (χ0v) is 13.6. The summed E-state index contributed by atoms with van der Waals surface area (Å²) < 4.78 is 2.44. The Hall–Kier alpha value is -0.750. The van der Waals surface area contributed by atoms with E-state index in [2.05, 4.69) is 62.1 Å². The van der Waals surface area contributed by atoms with E-state index in [1.807, 2.05) is 6.20 Å². The van der Waals surface area contributed by atoms with Crippen LogP contribution >= 0.6 is 38.6 Å². The first-order valence-electron chi connectivity index (χ1n) is 6.02. The average Bonchev–Trinajstić information content (AvgIpc) is 3.03. The van der Waals surface area contributed by atoms with Crippen molar-refractivity contribution in [1.82, 2.24) is 10.3 Å². The first-order valence-corrected chi connectivity index (χ1v) is 8.57. The van der Waals surface area contributed by atoms with Crippen LogP contribution in [0, 0.1) is 0 Å². The summed E-state index contributed by atoms with van der Waals surface area (Å²) in [6.07, 6.45) is 1.97. The quantitative estimate of drug-likeness (QED) is 0.716. The SMILES string of the molecule is CC(NCc1sccc1Br)c1cnc2ccsc2c1. The van der Waals surface area contributed by atoms with Crippen molar-refractivity contribution in [3.05, 3.63) is 50.1 Å². The third-order valence-corrected chi connectivity index (χ3v) is 5.86. The molecule has 0 saturated heterocycles. The third kappa shape index (κ3) is 2.89. The molecule has 0 aliphatic rings. The Morgan fingerprint density at radius 2 is 2.16 bits per heavy atom. The van der Waals surface area contributed by atoms with Gasteiger partial charge in [0.05, 0.1) is 10.2 Å². The molecule has 0 spiro atoms. The zero-order chi connectivity index (χ0) is 13.2. The Labute approximate surface area is 128 Å². The van der Waals surface area contributed by atoms with E-state index in [0.29, 0.717) is 6.04 Å². The smallest absolute Gasteiger partial charge is 0.0809 e. The van der Waals surface area contributed by atoms with E-state index < -0.39 is 0 Å². The van der Waals surface area contributed by atoms with Gasteiger partial charge >= 0.3 is 0 Å². The third-order valence-electron chi connectivity index (χ3n) is 3.08. The molecule has 3 rings (SSSR count). The summed E-state index contributed by atoms with van der Waals surface area (Å²) in [5.41, 5.74) is 2.32. The molecule has 0 fully saturated rings. The number of hydrogen-bond donors (Lipinski definition) is 1. The first kappa shape index (κ1) is 13.2. The van der Waals surface area contributed by atoms with Crippen LogP contribution in [0.4, 0.5) is 0 Å². The Bertz CT molecular complexity index is 689. The van der Waals surface area contributed by atoms with E-state index in [-0.39, 0.29) is 0 Å². The number of rotatable bonds is 4. The summed E-state index contributed by atoms with van der Waals surface area (Å²) in [5.74, 6) is 0. The second kappa shape index (κ2) is 5.71. The van der Waals surface area contributed by atoms with Gasteiger partial charge in [-0.15, -0.1) is 22.7 Å². The molecule has 2 nitrogen and oxygen atoms in total. The number of halogens is 1. The van der Waals surface area contributed by atoms with Gasteiger partial charge in [-0.05, 0) is 57.4 Å². The van der Waals surface area contributed by atoms with Crippen molar-refractivity contribution in [2.75, 3.05) is 0 Å². The van der Waals surface area contributed by atoms with Gasteiger partial charge in [0.2, 0.25) is 0 Å². The topological polar surface area (TPSA) is 24.9 Å². The molecule has 3 heterocycles. The Kier molecular flexibility index (Phi) is 3.98. The first-order chi connectivity index (χ1) is 9.24. The van der Waals surface area contributed by atoms with Gasteiger partial charge in [-0.3, -0.25) is 4.98 Å². The van der Waals surface area contributed by atoms with E-state index in [1.165, 1.54) is 19.6 Å². The predicted molar refractivity (Wildman–Crippen MR) is 86.9 cm³/mol. The van der Waals surface area contributed by atoms with Crippen LogP contribution < -0.4 is 5.32 Å². The van der Waals surface area contributed by atoms with E-state index in [1.54, 1.807) is 22.7 Å². The fourth-order valence-corrected chi connectivity index (χ4v) is 4.15. The highest BCUT2D eigenvalue weighted by atomic mass is 79.9. The van der Waals surface area contributed by atoms with Crippen LogP contribution in [0.3, 0.4) is 0 Å². The standard InChI is InChI=1S/C14H13BrN2S2/c1-9(16-8-14-11(15)2-4-19-14)10-6-13-12(17-7-10)3-5-18-13/h2-7,9,16H,8H2,1H3. The number of aromatic nitrogens is 1. The monoisotopic (exact) mass is 352 g/mol. The molecule has 3 aromatic heterocycles. The normalized spacial score (nSPS) is 12.9. The number of hydrogen-bond acceptors (Lipinski definition) is 4. The van der Waals surface area contributed by atoms with Gasteiger partial charge < -0.3 is 5.32 Å². The molecule has 1 N–H and O–H groups in total. The fraction of sp³-hybridized carbons (Fsp3) is 0.214. The summed E-state index contributed by atoms with van der Waals surface area (Å²) >= 11 is 7.07. The predicted octanol–water partition coefficient (Wildman–Crippen LogP) is 4.97. The number of nitrogens with zero attached hydrogens (tertiary/aromatic N) is 1. The minimum atomic E-state index is 0.299. The molecule has 19 heavy (non-hydrogen) atoms. The lowest BCUT2D eigenvalue weighted by atomic mass is 10.1. The molecule has 0 aromatic carbocycles. The highest BCUT2D eigenvalue weighted by Crippen LogP contribution is 2.25. The molecule has 0 aliphatic carbocycles. The lowest BCUT2D eigenvalue weighted by Crippen LogP contribution is -2.17. The van der Waals surface area contributed by atoms with Crippen LogP contribution in [0.15, 0.2) is 39.6 Å². The summed E-state index contributed by atoms with van der Waals surface area (Å²) in [7, 11) is 0. The van der Waals surface area contributed by atoms with E-state index in [9.17, 15) is 0 Å². The molecule has 1 unspecified atom stereocenters. The highest BCUT2D eigenvalue weighted by Gasteiger charge is 2.08. The van der Waals surface area contributed by atoms with Crippen LogP contribution in [0.2, 0.25) is 0 Å². The lowest BCUT2D eigenvalue weighted by molar-refractivity contribution is 0.577. The second-order valence-electron chi connectivity index (χ2n) is 4.37. The second-order valence-corrected chi connectivity index (χ2v) is 7.17. The van der Waals surface area contributed by atoms with Crippen molar-refractivity contribution < 1.29 is 0 Å². The molecule has 0 radical (unpaired) electrons. The summed E-state index contributed by atoms with van der Waals surface area (Å²) in [6.45, 7) is 3.06. The Morgan fingerprint density at radius 3 is 2.95 bits per heavy atom. The molecule has 1 atom stereocenters. The van der Waals surface area contributed by atoms with E-state index in [0.717, 1.165) is 12.1 Å². The van der Waals surface area contributed by atoms with Gasteiger partial charge in [0, 0.05) is 28.1 Å². The van der Waals surface area contributed by atoms with Crippen molar-refractivity contribution in [1.29, 1.82) is 0 Å². The van der Waals surface area contributed by atoms with Gasteiger partial charge in [-0.1, -0.05) is 0 Å². The molecule has 3 aromatic rings. The minimum Gasteiger partial charge on any atom is -0.305 e. The molecule has 0 amide bonds. The summed E-state index contributed by atoms with van der Waals surface area (Å²) in [4.78, 5) is 5.82. The fourth-order valence-electron chi connectivity index (χ4n) is 1.91.